The highest BCUT2D eigenvalue weighted by Crippen LogP contribution is 2.28. The summed E-state index contributed by atoms with van der Waals surface area (Å²) in [6, 6.07) is 13.3. The molecule has 0 aliphatic rings. The number of benzene rings is 2. The second kappa shape index (κ2) is 8.33. The zero-order valence-electron chi connectivity index (χ0n) is 15.5. The molecule has 0 aliphatic heterocycles. The summed E-state index contributed by atoms with van der Waals surface area (Å²) < 4.78 is 32.0. The number of hydrogen-bond acceptors (Lipinski definition) is 4. The first-order valence-corrected chi connectivity index (χ1v) is 9.82. The van der Waals surface area contributed by atoms with Gasteiger partial charge in [0.2, 0.25) is 10.0 Å². The van der Waals surface area contributed by atoms with Crippen molar-refractivity contribution in [3.8, 4) is 5.75 Å². The van der Waals surface area contributed by atoms with Crippen molar-refractivity contribution in [2.45, 2.75) is 18.7 Å². The molecule has 26 heavy (non-hydrogen) atoms. The Bertz CT molecular complexity index is 877. The second-order valence-corrected chi connectivity index (χ2v) is 7.59. The highest BCUT2D eigenvalue weighted by atomic mass is 32.2. The van der Waals surface area contributed by atoms with Gasteiger partial charge in [0.05, 0.1) is 17.7 Å². The van der Waals surface area contributed by atoms with E-state index in [2.05, 4.69) is 0 Å². The molecule has 0 radical (unpaired) electrons. The zero-order chi connectivity index (χ0) is 19.3. The van der Waals surface area contributed by atoms with Crippen molar-refractivity contribution in [2.24, 2.45) is 0 Å². The van der Waals surface area contributed by atoms with Crippen molar-refractivity contribution in [3.63, 3.8) is 0 Å². The number of amides is 1. The van der Waals surface area contributed by atoms with Gasteiger partial charge in [0, 0.05) is 25.7 Å². The van der Waals surface area contributed by atoms with Crippen LogP contribution in [0.3, 0.4) is 0 Å². The average molecular weight is 376 g/mol. The summed E-state index contributed by atoms with van der Waals surface area (Å²) in [4.78, 5) is 14.4. The first kappa shape index (κ1) is 19.9. The van der Waals surface area contributed by atoms with Crippen molar-refractivity contribution >= 4 is 21.6 Å². The third-order valence-corrected chi connectivity index (χ3v) is 6.22. The van der Waals surface area contributed by atoms with Crippen LogP contribution in [0.15, 0.2) is 53.4 Å². The van der Waals surface area contributed by atoms with Gasteiger partial charge >= 0.3 is 0 Å². The second-order valence-electron chi connectivity index (χ2n) is 5.65. The molecule has 2 aromatic carbocycles. The van der Waals surface area contributed by atoms with Gasteiger partial charge in [0.15, 0.2) is 0 Å². The molecule has 0 aromatic heterocycles. The lowest BCUT2D eigenvalue weighted by atomic mass is 10.2. The highest BCUT2D eigenvalue weighted by Gasteiger charge is 2.24. The van der Waals surface area contributed by atoms with Crippen LogP contribution < -0.4 is 9.64 Å². The molecule has 140 valence electrons. The molecule has 0 fully saturated rings. The van der Waals surface area contributed by atoms with Gasteiger partial charge in [0.25, 0.3) is 5.91 Å². The Hall–Kier alpha value is -2.38. The Morgan fingerprint density at radius 3 is 2.31 bits per heavy atom. The minimum Gasteiger partial charge on any atom is -0.495 e. The lowest BCUT2D eigenvalue weighted by Crippen LogP contribution is -2.31. The van der Waals surface area contributed by atoms with Crippen LogP contribution in [0.5, 0.6) is 5.75 Å². The molecular weight excluding hydrogens is 352 g/mol. The van der Waals surface area contributed by atoms with Crippen LogP contribution >= 0.6 is 0 Å². The van der Waals surface area contributed by atoms with Crippen molar-refractivity contribution in [1.29, 1.82) is 0 Å². The van der Waals surface area contributed by atoms with E-state index in [0.717, 1.165) is 0 Å². The predicted octanol–water partition coefficient (Wildman–Crippen LogP) is 3.00. The largest absolute Gasteiger partial charge is 0.495 e. The van der Waals surface area contributed by atoms with E-state index in [-0.39, 0.29) is 10.8 Å². The summed E-state index contributed by atoms with van der Waals surface area (Å²) in [7, 11) is -0.456. The molecular formula is C19H24N2O4S. The molecule has 0 unspecified atom stereocenters. The first-order valence-electron chi connectivity index (χ1n) is 8.38. The first-order chi connectivity index (χ1) is 12.4. The molecule has 0 aliphatic carbocycles. The SMILES string of the molecule is CCN(CC)S(=O)(=O)c1cccc(C(=O)N(C)c2ccccc2OC)c1. The summed E-state index contributed by atoms with van der Waals surface area (Å²) in [5.41, 5.74) is 0.906. The van der Waals surface area contributed by atoms with Crippen LogP contribution in [-0.2, 0) is 10.0 Å². The van der Waals surface area contributed by atoms with Crippen LogP contribution in [0.2, 0.25) is 0 Å². The third kappa shape index (κ3) is 3.89. The Morgan fingerprint density at radius 1 is 1.04 bits per heavy atom. The number of para-hydroxylation sites is 2. The Kier molecular flexibility index (Phi) is 6.39. The Labute approximate surface area is 155 Å². The van der Waals surface area contributed by atoms with Gasteiger partial charge in [-0.2, -0.15) is 4.31 Å². The number of carbonyl (C=O) groups is 1. The average Bonchev–Trinajstić information content (AvgIpc) is 2.67. The number of rotatable bonds is 7. The van der Waals surface area contributed by atoms with Crippen molar-refractivity contribution < 1.29 is 17.9 Å². The fraction of sp³-hybridized carbons (Fsp3) is 0.316. The van der Waals surface area contributed by atoms with Gasteiger partial charge in [0.1, 0.15) is 5.75 Å². The highest BCUT2D eigenvalue weighted by molar-refractivity contribution is 7.89. The lowest BCUT2D eigenvalue weighted by molar-refractivity contribution is 0.0992. The van der Waals surface area contributed by atoms with E-state index >= 15 is 0 Å². The maximum absolute atomic E-state index is 12.9. The van der Waals surface area contributed by atoms with Gasteiger partial charge in [-0.15, -0.1) is 0 Å². The van der Waals surface area contributed by atoms with Gasteiger partial charge in [-0.05, 0) is 30.3 Å². The molecule has 0 spiro atoms. The molecule has 2 rings (SSSR count). The number of sulfonamides is 1. The molecule has 2 aromatic rings. The molecule has 0 saturated carbocycles. The standard InChI is InChI=1S/C19H24N2O4S/c1-5-21(6-2)26(23,24)16-11-9-10-15(14-16)19(22)20(3)17-12-7-8-13-18(17)25-4/h7-14H,5-6H2,1-4H3. The summed E-state index contributed by atoms with van der Waals surface area (Å²) in [5.74, 6) is 0.251. The zero-order valence-corrected chi connectivity index (χ0v) is 16.3. The predicted molar refractivity (Wildman–Crippen MR) is 102 cm³/mol. The van der Waals surface area contributed by atoms with Crippen molar-refractivity contribution in [1.82, 2.24) is 4.31 Å². The molecule has 1 amide bonds. The number of ether oxygens (including phenoxy) is 1. The van der Waals surface area contributed by atoms with Crippen LogP contribution in [0, 0.1) is 0 Å². The maximum Gasteiger partial charge on any atom is 0.258 e. The number of anilines is 1. The maximum atomic E-state index is 12.9. The molecule has 0 N–H and O–H groups in total. The summed E-state index contributed by atoms with van der Waals surface area (Å²) >= 11 is 0. The Balaban J connectivity index is 2.39. The number of methoxy groups -OCH3 is 1. The van der Waals surface area contributed by atoms with E-state index in [1.165, 1.54) is 28.4 Å². The van der Waals surface area contributed by atoms with Crippen LogP contribution in [0.25, 0.3) is 0 Å². The van der Waals surface area contributed by atoms with E-state index in [1.807, 2.05) is 12.1 Å². The van der Waals surface area contributed by atoms with E-state index in [1.54, 1.807) is 45.2 Å². The summed E-state index contributed by atoms with van der Waals surface area (Å²) in [6.07, 6.45) is 0. The molecule has 0 atom stereocenters. The number of hydrogen-bond donors (Lipinski definition) is 0. The van der Waals surface area contributed by atoms with E-state index < -0.39 is 10.0 Å². The van der Waals surface area contributed by atoms with Crippen LogP contribution in [0.4, 0.5) is 5.69 Å². The van der Waals surface area contributed by atoms with Crippen LogP contribution in [-0.4, -0.2) is 45.9 Å². The van der Waals surface area contributed by atoms with Gasteiger partial charge < -0.3 is 9.64 Å². The van der Waals surface area contributed by atoms with Gasteiger partial charge in [-0.25, -0.2) is 8.42 Å². The van der Waals surface area contributed by atoms with Crippen molar-refractivity contribution in [2.75, 3.05) is 32.1 Å². The lowest BCUT2D eigenvalue weighted by Gasteiger charge is -2.21. The summed E-state index contributed by atoms with van der Waals surface area (Å²) in [6.45, 7) is 4.31. The van der Waals surface area contributed by atoms with E-state index in [0.29, 0.717) is 30.1 Å². The smallest absolute Gasteiger partial charge is 0.258 e. The Morgan fingerprint density at radius 2 is 1.69 bits per heavy atom. The minimum atomic E-state index is -3.62. The van der Waals surface area contributed by atoms with E-state index in [4.69, 9.17) is 4.74 Å². The molecule has 0 heterocycles. The quantitative estimate of drug-likeness (QED) is 0.745. The number of nitrogens with zero attached hydrogens (tertiary/aromatic N) is 2. The molecule has 0 saturated heterocycles. The summed E-state index contributed by atoms with van der Waals surface area (Å²) in [5, 5.41) is 0. The normalized spacial score (nSPS) is 11.4. The van der Waals surface area contributed by atoms with E-state index in [9.17, 15) is 13.2 Å². The third-order valence-electron chi connectivity index (χ3n) is 4.18. The van der Waals surface area contributed by atoms with Gasteiger partial charge in [-0.1, -0.05) is 32.0 Å². The monoisotopic (exact) mass is 376 g/mol. The number of carbonyl (C=O) groups excluding carboxylic acids is 1. The topological polar surface area (TPSA) is 66.9 Å². The van der Waals surface area contributed by atoms with Crippen LogP contribution in [0.1, 0.15) is 24.2 Å². The van der Waals surface area contributed by atoms with Gasteiger partial charge in [-0.3, -0.25) is 4.79 Å². The molecule has 0 bridgehead atoms. The fourth-order valence-corrected chi connectivity index (χ4v) is 4.22. The fourth-order valence-electron chi connectivity index (χ4n) is 2.71. The minimum absolute atomic E-state index is 0.112. The molecule has 7 heteroatoms. The molecule has 6 nitrogen and oxygen atoms in total. The van der Waals surface area contributed by atoms with Crippen molar-refractivity contribution in [3.05, 3.63) is 54.1 Å².